The van der Waals surface area contributed by atoms with Crippen molar-refractivity contribution in [3.8, 4) is 5.69 Å². The highest BCUT2D eigenvalue weighted by Crippen LogP contribution is 2.31. The van der Waals surface area contributed by atoms with Crippen LogP contribution >= 0.6 is 0 Å². The highest BCUT2D eigenvalue weighted by atomic mass is 19.4. The maximum absolute atomic E-state index is 14.9. The van der Waals surface area contributed by atoms with Gasteiger partial charge in [0, 0.05) is 24.4 Å². The van der Waals surface area contributed by atoms with Crippen LogP contribution < -0.4 is 21.7 Å². The fourth-order valence-corrected chi connectivity index (χ4v) is 3.54. The Kier molecular flexibility index (Phi) is 6.97. The minimum Gasteiger partial charge on any atom is -0.383 e. The van der Waals surface area contributed by atoms with Crippen LogP contribution in [0.5, 0.6) is 0 Å². The molecule has 0 saturated carbocycles. The van der Waals surface area contributed by atoms with Gasteiger partial charge in [0.05, 0.1) is 17.0 Å². The van der Waals surface area contributed by atoms with Crippen molar-refractivity contribution in [3.05, 3.63) is 83.1 Å². The van der Waals surface area contributed by atoms with Gasteiger partial charge in [-0.3, -0.25) is 10.7 Å². The first-order chi connectivity index (χ1) is 18.0. The van der Waals surface area contributed by atoms with Crippen LogP contribution in [0.2, 0.25) is 0 Å². The number of carbonyl (C=O) groups is 1. The Labute approximate surface area is 213 Å². The molecule has 0 fully saturated rings. The number of carbonyl (C=O) groups excluding carboxylic acids is 1. The molecular formula is C24H21F4N9O. The summed E-state index contributed by atoms with van der Waals surface area (Å²) in [6.45, 7) is 1.81. The van der Waals surface area contributed by atoms with E-state index in [1.54, 1.807) is 31.3 Å². The Balaban J connectivity index is 1.56. The molecule has 0 unspecified atom stereocenters. The monoisotopic (exact) mass is 527 g/mol. The van der Waals surface area contributed by atoms with E-state index in [1.807, 2.05) is 6.92 Å². The van der Waals surface area contributed by atoms with Gasteiger partial charge in [-0.25, -0.2) is 23.8 Å². The molecule has 0 aliphatic heterocycles. The quantitative estimate of drug-likeness (QED) is 0.180. The number of anilines is 4. The largest absolute Gasteiger partial charge is 0.435 e. The summed E-state index contributed by atoms with van der Waals surface area (Å²) in [6, 6.07) is 9.76. The van der Waals surface area contributed by atoms with Gasteiger partial charge in [0.1, 0.15) is 29.6 Å². The van der Waals surface area contributed by atoms with Crippen LogP contribution in [0.3, 0.4) is 0 Å². The molecule has 0 atom stereocenters. The molecule has 196 valence electrons. The first kappa shape index (κ1) is 26.1. The second-order valence-electron chi connectivity index (χ2n) is 8.04. The molecule has 38 heavy (non-hydrogen) atoms. The first-order valence-electron chi connectivity index (χ1n) is 11.0. The van der Waals surface area contributed by atoms with Crippen molar-refractivity contribution in [3.63, 3.8) is 0 Å². The van der Waals surface area contributed by atoms with Crippen molar-refractivity contribution in [1.82, 2.24) is 19.7 Å². The number of benzene rings is 2. The van der Waals surface area contributed by atoms with Crippen LogP contribution in [0.15, 0.2) is 54.9 Å². The predicted octanol–water partition coefficient (Wildman–Crippen LogP) is 4.81. The Hall–Kier alpha value is -5.01. The van der Waals surface area contributed by atoms with E-state index in [-0.39, 0.29) is 40.0 Å². The number of urea groups is 1. The number of nitrogen functional groups attached to an aromatic ring is 1. The Morgan fingerprint density at radius 3 is 2.39 bits per heavy atom. The van der Waals surface area contributed by atoms with Crippen molar-refractivity contribution < 1.29 is 22.4 Å². The minimum atomic E-state index is -4.74. The average molecular weight is 527 g/mol. The highest BCUT2D eigenvalue weighted by molar-refractivity contribution is 6.16. The van der Waals surface area contributed by atoms with Crippen molar-refractivity contribution in [2.75, 3.05) is 28.7 Å². The SMILES string of the molecule is CNc1ncnc(N)c1C(=N)c1ccc(NC(=O)Nc2cc(C(F)(F)F)nn2-c2ccc(C)cc2)cc1F. The summed E-state index contributed by atoms with van der Waals surface area (Å²) in [6.07, 6.45) is -3.55. The number of nitrogens with two attached hydrogens (primary N) is 1. The van der Waals surface area contributed by atoms with E-state index in [2.05, 4.69) is 31.0 Å². The summed E-state index contributed by atoms with van der Waals surface area (Å²) in [5.74, 6) is -0.913. The maximum atomic E-state index is 14.9. The van der Waals surface area contributed by atoms with E-state index in [0.717, 1.165) is 16.3 Å². The van der Waals surface area contributed by atoms with Crippen molar-refractivity contribution in [2.24, 2.45) is 0 Å². The normalized spacial score (nSPS) is 11.2. The second-order valence-corrected chi connectivity index (χ2v) is 8.04. The van der Waals surface area contributed by atoms with Crippen molar-refractivity contribution >= 4 is 34.9 Å². The lowest BCUT2D eigenvalue weighted by Gasteiger charge is -2.13. The molecule has 0 bridgehead atoms. The number of amides is 2. The van der Waals surface area contributed by atoms with Crippen LogP contribution in [-0.2, 0) is 6.18 Å². The molecule has 2 aromatic heterocycles. The molecular weight excluding hydrogens is 506 g/mol. The predicted molar refractivity (Wildman–Crippen MR) is 134 cm³/mol. The Bertz CT molecular complexity index is 1510. The van der Waals surface area contributed by atoms with Gasteiger partial charge in [-0.15, -0.1) is 0 Å². The minimum absolute atomic E-state index is 0.0138. The molecule has 4 rings (SSSR count). The number of aryl methyl sites for hydroxylation is 1. The van der Waals surface area contributed by atoms with Gasteiger partial charge < -0.3 is 16.4 Å². The van der Waals surface area contributed by atoms with Crippen molar-refractivity contribution in [2.45, 2.75) is 13.1 Å². The van der Waals surface area contributed by atoms with Gasteiger partial charge in [-0.05, 0) is 37.3 Å². The molecule has 14 heteroatoms. The number of aromatic nitrogens is 4. The summed E-state index contributed by atoms with van der Waals surface area (Å²) in [5.41, 5.74) is 5.47. The molecule has 2 heterocycles. The molecule has 2 amide bonds. The standard InChI is InChI=1S/C24H21F4N9O/c1-12-3-6-14(7-4-12)37-18(10-17(36-37)24(26,27)28)35-23(38)34-13-5-8-15(16(25)9-13)20(29)19-21(30)32-11-33-22(19)31-2/h3-11,29H,1-2H3,(H2,34,35,38)(H3,30,31,32,33). The summed E-state index contributed by atoms with van der Waals surface area (Å²) in [7, 11) is 1.56. The summed E-state index contributed by atoms with van der Waals surface area (Å²) in [4.78, 5) is 20.4. The van der Waals surface area contributed by atoms with E-state index in [1.165, 1.54) is 18.5 Å². The van der Waals surface area contributed by atoms with Crippen molar-refractivity contribution in [1.29, 1.82) is 5.41 Å². The zero-order chi connectivity index (χ0) is 27.6. The van der Waals surface area contributed by atoms with Gasteiger partial charge >= 0.3 is 12.2 Å². The average Bonchev–Trinajstić information content (AvgIpc) is 3.28. The summed E-state index contributed by atoms with van der Waals surface area (Å²) in [5, 5.41) is 19.4. The topological polar surface area (TPSA) is 147 Å². The van der Waals surface area contributed by atoms with E-state index in [4.69, 9.17) is 11.1 Å². The van der Waals surface area contributed by atoms with E-state index >= 15 is 0 Å². The van der Waals surface area contributed by atoms with E-state index in [9.17, 15) is 22.4 Å². The van der Waals surface area contributed by atoms with Crippen LogP contribution in [0.1, 0.15) is 22.4 Å². The van der Waals surface area contributed by atoms with Crippen LogP contribution in [0, 0.1) is 18.2 Å². The number of hydrogen-bond acceptors (Lipinski definition) is 7. The maximum Gasteiger partial charge on any atom is 0.435 e. The van der Waals surface area contributed by atoms with Gasteiger partial charge in [0.15, 0.2) is 5.69 Å². The lowest BCUT2D eigenvalue weighted by atomic mass is 10.0. The number of nitrogens with zero attached hydrogens (tertiary/aromatic N) is 4. The zero-order valence-electron chi connectivity index (χ0n) is 20.0. The van der Waals surface area contributed by atoms with Crippen LogP contribution in [-0.4, -0.2) is 38.5 Å². The highest BCUT2D eigenvalue weighted by Gasteiger charge is 2.35. The van der Waals surface area contributed by atoms with E-state index < -0.39 is 23.7 Å². The third kappa shape index (κ3) is 5.38. The molecule has 0 saturated heterocycles. The summed E-state index contributed by atoms with van der Waals surface area (Å²) >= 11 is 0. The van der Waals surface area contributed by atoms with Crippen LogP contribution in [0.4, 0.5) is 45.5 Å². The lowest BCUT2D eigenvalue weighted by molar-refractivity contribution is -0.141. The Morgan fingerprint density at radius 1 is 1.05 bits per heavy atom. The molecule has 0 aliphatic rings. The fraction of sp³-hybridized carbons (Fsp3) is 0.125. The van der Waals surface area contributed by atoms with Gasteiger partial charge in [0.2, 0.25) is 0 Å². The van der Waals surface area contributed by atoms with Gasteiger partial charge in [-0.1, -0.05) is 17.7 Å². The van der Waals surface area contributed by atoms with Gasteiger partial charge in [-0.2, -0.15) is 18.3 Å². The number of rotatable bonds is 6. The Morgan fingerprint density at radius 2 is 1.76 bits per heavy atom. The molecule has 10 nitrogen and oxygen atoms in total. The number of halogens is 4. The van der Waals surface area contributed by atoms with E-state index in [0.29, 0.717) is 11.8 Å². The molecule has 0 radical (unpaired) electrons. The number of nitrogens with one attached hydrogen (secondary N) is 4. The van der Waals surface area contributed by atoms with Gasteiger partial charge in [0.25, 0.3) is 0 Å². The zero-order valence-corrected chi connectivity index (χ0v) is 20.0. The fourth-order valence-electron chi connectivity index (χ4n) is 3.54. The van der Waals surface area contributed by atoms with Crippen LogP contribution in [0.25, 0.3) is 5.69 Å². The number of hydrogen-bond donors (Lipinski definition) is 5. The second kappa shape index (κ2) is 10.2. The number of alkyl halides is 3. The first-order valence-corrected chi connectivity index (χ1v) is 11.0. The molecule has 2 aromatic carbocycles. The molecule has 4 aromatic rings. The third-order valence-electron chi connectivity index (χ3n) is 5.38. The molecule has 6 N–H and O–H groups in total. The third-order valence-corrected chi connectivity index (χ3v) is 5.38. The lowest BCUT2D eigenvalue weighted by Crippen LogP contribution is -2.21. The summed E-state index contributed by atoms with van der Waals surface area (Å²) < 4.78 is 55.8. The molecule has 0 spiro atoms. The molecule has 0 aliphatic carbocycles. The smallest absolute Gasteiger partial charge is 0.383 e.